The van der Waals surface area contributed by atoms with Crippen molar-refractivity contribution in [2.24, 2.45) is 0 Å². The first-order valence-corrected chi connectivity index (χ1v) is 10.6. The van der Waals surface area contributed by atoms with Gasteiger partial charge in [0.2, 0.25) is 5.91 Å². The van der Waals surface area contributed by atoms with Crippen molar-refractivity contribution in [1.29, 1.82) is 0 Å². The van der Waals surface area contributed by atoms with Crippen LogP contribution in [0.2, 0.25) is 0 Å². The van der Waals surface area contributed by atoms with Crippen LogP contribution in [-0.4, -0.2) is 27.4 Å². The first-order chi connectivity index (χ1) is 14.0. The minimum Gasteiger partial charge on any atom is -0.310 e. The molecule has 0 aliphatic carbocycles. The number of para-hydroxylation sites is 2. The Kier molecular flexibility index (Phi) is 5.07. The largest absolute Gasteiger partial charge is 0.310 e. The Labute approximate surface area is 169 Å². The van der Waals surface area contributed by atoms with Gasteiger partial charge in [0.05, 0.1) is 10.6 Å². The number of benzene rings is 3. The molecule has 29 heavy (non-hydrogen) atoms. The third-order valence-corrected chi connectivity index (χ3v) is 6.70. The molecule has 0 fully saturated rings. The van der Waals surface area contributed by atoms with E-state index in [0.717, 1.165) is 34.1 Å². The van der Waals surface area contributed by atoms with E-state index in [4.69, 9.17) is 0 Å². The summed E-state index contributed by atoms with van der Waals surface area (Å²) in [4.78, 5) is 14.6. The normalized spacial score (nSPS) is 13.2. The summed E-state index contributed by atoms with van der Waals surface area (Å²) in [5, 5.41) is 0. The van der Waals surface area contributed by atoms with Crippen LogP contribution >= 0.6 is 0 Å². The molecule has 1 heterocycles. The molecule has 0 unspecified atom stereocenters. The zero-order valence-corrected chi connectivity index (χ0v) is 16.3. The number of fused-ring (bicyclic) bond motifs is 1. The Balaban J connectivity index is 1.69. The van der Waals surface area contributed by atoms with E-state index in [0.29, 0.717) is 12.2 Å². The van der Waals surface area contributed by atoms with Gasteiger partial charge in [-0.05, 0) is 54.4 Å². The summed E-state index contributed by atoms with van der Waals surface area (Å²) < 4.78 is 40.9. The number of hydrogen-bond donors (Lipinski definition) is 0. The van der Waals surface area contributed by atoms with Crippen molar-refractivity contribution in [3.8, 4) is 0 Å². The molecule has 7 heteroatoms. The monoisotopic (exact) mass is 410 g/mol. The van der Waals surface area contributed by atoms with Gasteiger partial charge in [0.15, 0.2) is 0 Å². The van der Waals surface area contributed by atoms with E-state index in [2.05, 4.69) is 0 Å². The SMILES string of the molecule is O=C(CN(c1ccccc1)S(=O)(=O)c1ccc(F)cc1)N1CCc2ccccc21. The van der Waals surface area contributed by atoms with Crippen molar-refractivity contribution >= 4 is 27.3 Å². The number of rotatable bonds is 5. The fourth-order valence-electron chi connectivity index (χ4n) is 3.45. The molecular formula is C22H19FN2O3S. The quantitative estimate of drug-likeness (QED) is 0.646. The molecule has 4 rings (SSSR count). The van der Waals surface area contributed by atoms with Crippen LogP contribution in [0.1, 0.15) is 5.56 Å². The maximum absolute atomic E-state index is 13.3. The van der Waals surface area contributed by atoms with E-state index in [9.17, 15) is 17.6 Å². The summed E-state index contributed by atoms with van der Waals surface area (Å²) in [6.07, 6.45) is 0.734. The lowest BCUT2D eigenvalue weighted by Crippen LogP contribution is -2.42. The Bertz CT molecular complexity index is 1130. The molecule has 0 saturated carbocycles. The van der Waals surface area contributed by atoms with E-state index in [-0.39, 0.29) is 17.3 Å². The number of hydrogen-bond acceptors (Lipinski definition) is 3. The van der Waals surface area contributed by atoms with E-state index >= 15 is 0 Å². The van der Waals surface area contributed by atoms with E-state index in [1.54, 1.807) is 35.2 Å². The topological polar surface area (TPSA) is 57.7 Å². The third-order valence-electron chi connectivity index (χ3n) is 4.91. The van der Waals surface area contributed by atoms with Crippen LogP contribution in [-0.2, 0) is 21.2 Å². The van der Waals surface area contributed by atoms with E-state index in [1.807, 2.05) is 24.3 Å². The maximum atomic E-state index is 13.3. The molecule has 0 bridgehead atoms. The molecule has 148 valence electrons. The number of halogens is 1. The van der Waals surface area contributed by atoms with Crippen LogP contribution in [0.3, 0.4) is 0 Å². The first-order valence-electron chi connectivity index (χ1n) is 9.18. The van der Waals surface area contributed by atoms with Crippen LogP contribution in [0, 0.1) is 5.82 Å². The average molecular weight is 410 g/mol. The second kappa shape index (κ2) is 7.67. The second-order valence-electron chi connectivity index (χ2n) is 6.73. The van der Waals surface area contributed by atoms with Gasteiger partial charge >= 0.3 is 0 Å². The molecule has 5 nitrogen and oxygen atoms in total. The minimum absolute atomic E-state index is 0.0719. The predicted molar refractivity (Wildman–Crippen MR) is 110 cm³/mol. The molecule has 0 aromatic heterocycles. The maximum Gasteiger partial charge on any atom is 0.264 e. The first kappa shape index (κ1) is 19.1. The molecule has 1 aliphatic rings. The van der Waals surface area contributed by atoms with Crippen LogP contribution in [0.25, 0.3) is 0 Å². The number of amides is 1. The highest BCUT2D eigenvalue weighted by atomic mass is 32.2. The Morgan fingerprint density at radius 3 is 2.31 bits per heavy atom. The van der Waals surface area contributed by atoms with Crippen molar-refractivity contribution in [3.63, 3.8) is 0 Å². The van der Waals surface area contributed by atoms with Crippen molar-refractivity contribution in [3.05, 3.63) is 90.2 Å². The molecule has 0 radical (unpaired) electrons. The zero-order chi connectivity index (χ0) is 20.4. The highest BCUT2D eigenvalue weighted by molar-refractivity contribution is 7.92. The minimum atomic E-state index is -4.05. The summed E-state index contributed by atoms with van der Waals surface area (Å²) in [6, 6.07) is 20.6. The standard InChI is InChI=1S/C22H19FN2O3S/c23-18-10-12-20(13-11-18)29(27,28)25(19-7-2-1-3-8-19)16-22(26)24-15-14-17-6-4-5-9-21(17)24/h1-13H,14-16H2. The average Bonchev–Trinajstić information content (AvgIpc) is 3.17. The van der Waals surface area contributed by atoms with Crippen LogP contribution in [0.5, 0.6) is 0 Å². The van der Waals surface area contributed by atoms with Gasteiger partial charge in [-0.3, -0.25) is 9.10 Å². The van der Waals surface area contributed by atoms with Gasteiger partial charge in [-0.2, -0.15) is 0 Å². The molecular weight excluding hydrogens is 391 g/mol. The number of nitrogens with zero attached hydrogens (tertiary/aromatic N) is 2. The lowest BCUT2D eigenvalue weighted by molar-refractivity contribution is -0.117. The van der Waals surface area contributed by atoms with Crippen molar-refractivity contribution in [1.82, 2.24) is 0 Å². The smallest absolute Gasteiger partial charge is 0.264 e. The summed E-state index contributed by atoms with van der Waals surface area (Å²) in [7, 11) is -4.05. The molecule has 1 amide bonds. The van der Waals surface area contributed by atoms with Crippen LogP contribution in [0.15, 0.2) is 83.8 Å². The number of carbonyl (C=O) groups is 1. The predicted octanol–water partition coefficient (Wildman–Crippen LogP) is 3.61. The van der Waals surface area contributed by atoms with Gasteiger partial charge in [0, 0.05) is 12.2 Å². The van der Waals surface area contributed by atoms with Crippen LogP contribution in [0.4, 0.5) is 15.8 Å². The van der Waals surface area contributed by atoms with E-state index < -0.39 is 15.8 Å². The van der Waals surface area contributed by atoms with Crippen molar-refractivity contribution < 1.29 is 17.6 Å². The number of carbonyl (C=O) groups excluding carboxylic acids is 1. The Morgan fingerprint density at radius 1 is 0.931 bits per heavy atom. The highest BCUT2D eigenvalue weighted by Crippen LogP contribution is 2.29. The van der Waals surface area contributed by atoms with Crippen LogP contribution < -0.4 is 9.21 Å². The molecule has 0 atom stereocenters. The van der Waals surface area contributed by atoms with Gasteiger partial charge in [-0.15, -0.1) is 0 Å². The summed E-state index contributed by atoms with van der Waals surface area (Å²) >= 11 is 0. The third kappa shape index (κ3) is 3.73. The fraction of sp³-hybridized carbons (Fsp3) is 0.136. The molecule has 3 aromatic rings. The summed E-state index contributed by atoms with van der Waals surface area (Å²) in [5.41, 5.74) is 2.25. The summed E-state index contributed by atoms with van der Waals surface area (Å²) in [6.45, 7) is 0.162. The van der Waals surface area contributed by atoms with Gasteiger partial charge < -0.3 is 4.90 Å². The molecule has 0 N–H and O–H groups in total. The molecule has 0 saturated heterocycles. The van der Waals surface area contributed by atoms with Crippen molar-refractivity contribution in [2.75, 3.05) is 22.3 Å². The highest BCUT2D eigenvalue weighted by Gasteiger charge is 2.31. The van der Waals surface area contributed by atoms with Gasteiger partial charge in [0.1, 0.15) is 12.4 Å². The number of anilines is 2. The lowest BCUT2D eigenvalue weighted by Gasteiger charge is -2.26. The second-order valence-corrected chi connectivity index (χ2v) is 8.59. The zero-order valence-electron chi connectivity index (χ0n) is 15.5. The number of sulfonamides is 1. The van der Waals surface area contributed by atoms with Crippen molar-refractivity contribution in [2.45, 2.75) is 11.3 Å². The van der Waals surface area contributed by atoms with E-state index in [1.165, 1.54) is 12.1 Å². The van der Waals surface area contributed by atoms with Gasteiger partial charge in [-0.1, -0.05) is 36.4 Å². The van der Waals surface area contributed by atoms with Gasteiger partial charge in [0.25, 0.3) is 10.0 Å². The molecule has 3 aromatic carbocycles. The Morgan fingerprint density at radius 2 is 1.59 bits per heavy atom. The lowest BCUT2D eigenvalue weighted by atomic mass is 10.2. The summed E-state index contributed by atoms with van der Waals surface area (Å²) in [5.74, 6) is -0.843. The Hall–Kier alpha value is -3.19. The molecule has 0 spiro atoms. The van der Waals surface area contributed by atoms with Gasteiger partial charge in [-0.25, -0.2) is 12.8 Å². The fourth-order valence-corrected chi connectivity index (χ4v) is 4.86. The molecule has 1 aliphatic heterocycles.